The Labute approximate surface area is 72.4 Å². The quantitative estimate of drug-likeness (QED) is 0.236. The summed E-state index contributed by atoms with van der Waals surface area (Å²) in [5.41, 5.74) is 0. The first-order valence-electron chi connectivity index (χ1n) is 2.71. The highest BCUT2D eigenvalue weighted by Crippen LogP contribution is 2.67. The van der Waals surface area contributed by atoms with Crippen LogP contribution >= 0.6 is 15.2 Å². The van der Waals surface area contributed by atoms with Crippen molar-refractivity contribution in [3.05, 3.63) is 0 Å². The topological polar surface area (TPSA) is 171 Å². The molecule has 13 heavy (non-hydrogen) atoms. The molecule has 0 fully saturated rings. The zero-order valence-corrected chi connectivity index (χ0v) is 7.93. The molecule has 0 saturated carbocycles. The smallest absolute Gasteiger partial charge is 0.366 e. The van der Waals surface area contributed by atoms with Crippen molar-refractivity contribution < 1.29 is 38.6 Å². The minimum Gasteiger partial charge on any atom is -0.366 e. The molecule has 9 nitrogen and oxygen atoms in total. The van der Waals surface area contributed by atoms with Crippen LogP contribution in [0.4, 0.5) is 0 Å². The van der Waals surface area contributed by atoms with Crippen LogP contribution in [0.2, 0.25) is 0 Å². The van der Waals surface area contributed by atoms with Crippen molar-refractivity contribution in [2.24, 2.45) is 5.90 Å². The Balaban J connectivity index is 5.22. The van der Waals surface area contributed by atoms with Gasteiger partial charge in [-0.15, -0.1) is 0 Å². The van der Waals surface area contributed by atoms with Gasteiger partial charge < -0.3 is 29.5 Å². The second kappa shape index (κ2) is 3.74. The second-order valence-electron chi connectivity index (χ2n) is 2.17. The Morgan fingerprint density at radius 3 is 1.54 bits per heavy atom. The van der Waals surface area contributed by atoms with E-state index in [9.17, 15) is 9.13 Å². The number of rotatable bonds is 4. The third kappa shape index (κ3) is 2.57. The molecule has 0 aromatic carbocycles. The molecule has 0 aromatic heterocycles. The summed E-state index contributed by atoms with van der Waals surface area (Å²) < 4.78 is 21.0. The largest absolute Gasteiger partial charge is 0.372 e. The van der Waals surface area contributed by atoms with E-state index in [1.54, 1.807) is 0 Å². The summed E-state index contributed by atoms with van der Waals surface area (Å²) in [6, 6.07) is 0. The second-order valence-corrected chi connectivity index (χ2v) is 6.18. The predicted octanol–water partition coefficient (Wildman–Crippen LogP) is -2.12. The Kier molecular flexibility index (Phi) is 3.79. The van der Waals surface area contributed by atoms with E-state index in [0.29, 0.717) is 0 Å². The lowest BCUT2D eigenvalue weighted by Crippen LogP contribution is -2.35. The summed E-state index contributed by atoms with van der Waals surface area (Å²) in [6.07, 6.45) is 0. The van der Waals surface area contributed by atoms with E-state index >= 15 is 0 Å². The van der Waals surface area contributed by atoms with Crippen molar-refractivity contribution in [1.82, 2.24) is 0 Å². The van der Waals surface area contributed by atoms with Crippen molar-refractivity contribution in [3.63, 3.8) is 0 Å². The van der Waals surface area contributed by atoms with Gasteiger partial charge >= 0.3 is 15.2 Å². The molecule has 0 saturated heterocycles. The number of hydrogen-bond donors (Lipinski definition) is 6. The molecular formula is C2H9NO8P2. The lowest BCUT2D eigenvalue weighted by Gasteiger charge is -2.27. The molecule has 0 aliphatic rings. The molecule has 0 bridgehead atoms. The lowest BCUT2D eigenvalue weighted by molar-refractivity contribution is 0.0246. The Morgan fingerprint density at radius 1 is 1.15 bits per heavy atom. The van der Waals surface area contributed by atoms with E-state index in [2.05, 4.69) is 10.7 Å². The molecule has 0 aliphatic heterocycles. The zero-order valence-electron chi connectivity index (χ0n) is 6.14. The summed E-state index contributed by atoms with van der Waals surface area (Å²) >= 11 is 0. The van der Waals surface area contributed by atoms with E-state index in [0.717, 1.165) is 0 Å². The Hall–Kier alpha value is 0.180. The van der Waals surface area contributed by atoms with Crippen molar-refractivity contribution in [1.29, 1.82) is 0 Å². The molecule has 0 radical (unpaired) electrons. The Bertz CT molecular complexity index is 241. The first kappa shape index (κ1) is 13.2. The fourth-order valence-electron chi connectivity index (χ4n) is 0.450. The van der Waals surface area contributed by atoms with Gasteiger partial charge in [0.15, 0.2) is 0 Å². The molecule has 0 amide bonds. The monoisotopic (exact) mass is 237 g/mol. The van der Waals surface area contributed by atoms with Gasteiger partial charge in [-0.05, 0) is 0 Å². The van der Waals surface area contributed by atoms with Gasteiger partial charge in [-0.3, -0.25) is 9.13 Å². The van der Waals surface area contributed by atoms with Crippen LogP contribution in [0.1, 0.15) is 0 Å². The van der Waals surface area contributed by atoms with Crippen LogP contribution in [0.5, 0.6) is 0 Å². The highest BCUT2D eigenvalue weighted by molar-refractivity contribution is 7.72. The van der Waals surface area contributed by atoms with E-state index in [1.807, 2.05) is 0 Å². The van der Waals surface area contributed by atoms with Crippen molar-refractivity contribution in [2.75, 3.05) is 6.61 Å². The maximum absolute atomic E-state index is 10.5. The molecule has 80 valence electrons. The van der Waals surface area contributed by atoms with Crippen LogP contribution in [0.3, 0.4) is 0 Å². The van der Waals surface area contributed by atoms with Crippen LogP contribution in [0.15, 0.2) is 0 Å². The fourth-order valence-corrected chi connectivity index (χ4v) is 2.29. The number of aliphatic hydroxyl groups is 1. The normalized spacial score (nSPS) is 14.6. The van der Waals surface area contributed by atoms with Gasteiger partial charge in [-0.25, -0.2) is 5.90 Å². The molecule has 0 spiro atoms. The maximum Gasteiger partial charge on any atom is 0.372 e. The van der Waals surface area contributed by atoms with Crippen LogP contribution in [0.25, 0.3) is 0 Å². The molecular weight excluding hydrogens is 228 g/mol. The van der Waals surface area contributed by atoms with Crippen LogP contribution in [-0.2, 0) is 14.0 Å². The van der Waals surface area contributed by atoms with E-state index in [-0.39, 0.29) is 0 Å². The van der Waals surface area contributed by atoms with Crippen LogP contribution in [0, 0.1) is 0 Å². The first-order valence-corrected chi connectivity index (χ1v) is 5.94. The van der Waals surface area contributed by atoms with E-state index < -0.39 is 26.9 Å². The Morgan fingerprint density at radius 2 is 1.46 bits per heavy atom. The minimum absolute atomic E-state index is 1.37. The third-order valence-electron chi connectivity index (χ3n) is 1.21. The summed E-state index contributed by atoms with van der Waals surface area (Å²) in [6.45, 7) is -1.37. The van der Waals surface area contributed by atoms with Gasteiger partial charge in [0, 0.05) is 0 Å². The van der Waals surface area contributed by atoms with Crippen LogP contribution in [-0.4, -0.2) is 36.4 Å². The third-order valence-corrected chi connectivity index (χ3v) is 4.90. The van der Waals surface area contributed by atoms with Crippen molar-refractivity contribution >= 4 is 15.2 Å². The van der Waals surface area contributed by atoms with E-state index in [4.69, 9.17) is 24.7 Å². The van der Waals surface area contributed by atoms with E-state index in [1.165, 1.54) is 0 Å². The van der Waals surface area contributed by atoms with Gasteiger partial charge in [0.05, 0.1) is 0 Å². The first-order chi connectivity index (χ1) is 5.56. The molecule has 0 aromatic rings. The van der Waals surface area contributed by atoms with Gasteiger partial charge in [-0.1, -0.05) is 0 Å². The molecule has 11 heteroatoms. The number of hydrogen-bond acceptors (Lipinski definition) is 5. The molecule has 0 aliphatic carbocycles. The average Bonchev–Trinajstić information content (AvgIpc) is 1.82. The molecule has 0 atom stereocenters. The zero-order chi connectivity index (χ0) is 10.9. The summed E-state index contributed by atoms with van der Waals surface area (Å²) in [5.74, 6) is 4.36. The highest BCUT2D eigenvalue weighted by atomic mass is 31.2. The summed E-state index contributed by atoms with van der Waals surface area (Å²) in [5, 5.41) is 5.36. The highest BCUT2D eigenvalue weighted by Gasteiger charge is 2.59. The molecule has 7 N–H and O–H groups in total. The van der Waals surface area contributed by atoms with Crippen molar-refractivity contribution in [2.45, 2.75) is 5.08 Å². The van der Waals surface area contributed by atoms with Gasteiger partial charge in [0.2, 0.25) is 0 Å². The fraction of sp³-hybridized carbons (Fsp3) is 1.00. The predicted molar refractivity (Wildman–Crippen MR) is 39.2 cm³/mol. The molecule has 0 rings (SSSR count). The summed E-state index contributed by atoms with van der Waals surface area (Å²) in [4.78, 5) is 37.4. The maximum atomic E-state index is 10.5. The lowest BCUT2D eigenvalue weighted by atomic mass is 10.8. The standard InChI is InChI=1S/C2H9NO8P2/c3-11-1-2(4,12(5,6)7)13(8,9)10/h4H,1,3H2,(H2,5,6,7)(H2,8,9,10). The average molecular weight is 237 g/mol. The summed E-state index contributed by atoms with van der Waals surface area (Å²) in [7, 11) is -10.9. The molecule has 0 heterocycles. The number of nitrogens with two attached hydrogens (primary N) is 1. The van der Waals surface area contributed by atoms with Gasteiger partial charge in [0.1, 0.15) is 6.61 Å². The van der Waals surface area contributed by atoms with Crippen molar-refractivity contribution in [3.8, 4) is 0 Å². The molecule has 0 unspecified atom stereocenters. The SMILES string of the molecule is NOCC(O)(P(=O)(O)O)P(=O)(O)O. The van der Waals surface area contributed by atoms with Crippen LogP contribution < -0.4 is 5.90 Å². The van der Waals surface area contributed by atoms with Gasteiger partial charge in [-0.2, -0.15) is 0 Å². The minimum atomic E-state index is -5.44. The van der Waals surface area contributed by atoms with Gasteiger partial charge in [0.25, 0.3) is 5.08 Å².